The first-order chi connectivity index (χ1) is 9.88. The van der Waals surface area contributed by atoms with Crippen LogP contribution in [0.4, 0.5) is 5.82 Å². The molecule has 2 saturated heterocycles. The molecular weight excluding hydrogens is 248 g/mol. The summed E-state index contributed by atoms with van der Waals surface area (Å²) in [4.78, 5) is 9.70. The van der Waals surface area contributed by atoms with Gasteiger partial charge in [0.05, 0.1) is 0 Å². The summed E-state index contributed by atoms with van der Waals surface area (Å²) in [6, 6.07) is 5.10. The summed E-state index contributed by atoms with van der Waals surface area (Å²) in [6.07, 6.45) is 5.96. The lowest BCUT2D eigenvalue weighted by Crippen LogP contribution is -2.43. The monoisotopic (exact) mass is 274 g/mol. The van der Waals surface area contributed by atoms with Crippen molar-refractivity contribution in [3.05, 3.63) is 23.9 Å². The number of hydrogen-bond acceptors (Lipinski definition) is 4. The lowest BCUT2D eigenvalue weighted by molar-refractivity contribution is 0.257. The van der Waals surface area contributed by atoms with Crippen LogP contribution in [0.5, 0.6) is 0 Å². The number of rotatable bonds is 4. The van der Waals surface area contributed by atoms with E-state index in [2.05, 4.69) is 40.4 Å². The van der Waals surface area contributed by atoms with E-state index in [0.717, 1.165) is 32.0 Å². The second-order valence-electron chi connectivity index (χ2n) is 5.88. The van der Waals surface area contributed by atoms with Crippen LogP contribution in [0.15, 0.2) is 18.3 Å². The molecule has 4 heteroatoms. The third-order valence-electron chi connectivity index (χ3n) is 4.47. The molecule has 0 aromatic carbocycles. The van der Waals surface area contributed by atoms with Crippen LogP contribution < -0.4 is 10.2 Å². The van der Waals surface area contributed by atoms with Gasteiger partial charge in [0.1, 0.15) is 5.82 Å². The van der Waals surface area contributed by atoms with Crippen molar-refractivity contribution in [1.82, 2.24) is 15.2 Å². The van der Waals surface area contributed by atoms with Crippen molar-refractivity contribution < 1.29 is 0 Å². The predicted octanol–water partition coefficient (Wildman–Crippen LogP) is 2.04. The SMILES string of the molecule is CCCN1CCC[C@H]1c1ccc(N2CCNCC2)nc1. The van der Waals surface area contributed by atoms with Gasteiger partial charge in [-0.3, -0.25) is 4.90 Å². The molecule has 4 nitrogen and oxygen atoms in total. The van der Waals surface area contributed by atoms with Crippen LogP contribution >= 0.6 is 0 Å². The molecule has 2 aliphatic heterocycles. The molecule has 1 atom stereocenters. The molecule has 0 aliphatic carbocycles. The molecule has 0 spiro atoms. The number of pyridine rings is 1. The fraction of sp³-hybridized carbons (Fsp3) is 0.688. The van der Waals surface area contributed by atoms with Crippen molar-refractivity contribution in [1.29, 1.82) is 0 Å². The molecule has 1 aromatic rings. The first-order valence-corrected chi connectivity index (χ1v) is 8.04. The summed E-state index contributed by atoms with van der Waals surface area (Å²) < 4.78 is 0. The molecule has 3 heterocycles. The van der Waals surface area contributed by atoms with Gasteiger partial charge in [0.15, 0.2) is 0 Å². The van der Waals surface area contributed by atoms with Crippen LogP contribution in [-0.4, -0.2) is 49.2 Å². The molecule has 0 saturated carbocycles. The van der Waals surface area contributed by atoms with Crippen molar-refractivity contribution in [3.63, 3.8) is 0 Å². The smallest absolute Gasteiger partial charge is 0.128 e. The first kappa shape index (κ1) is 13.8. The lowest BCUT2D eigenvalue weighted by Gasteiger charge is -2.29. The number of anilines is 1. The Bertz CT molecular complexity index is 411. The van der Waals surface area contributed by atoms with Crippen LogP contribution in [0.25, 0.3) is 0 Å². The molecule has 1 aromatic heterocycles. The average molecular weight is 274 g/mol. The second-order valence-corrected chi connectivity index (χ2v) is 5.88. The van der Waals surface area contributed by atoms with Crippen molar-refractivity contribution in [2.75, 3.05) is 44.2 Å². The summed E-state index contributed by atoms with van der Waals surface area (Å²) in [5.74, 6) is 1.13. The van der Waals surface area contributed by atoms with E-state index in [-0.39, 0.29) is 0 Å². The van der Waals surface area contributed by atoms with Crippen LogP contribution in [0.1, 0.15) is 37.8 Å². The number of hydrogen-bond donors (Lipinski definition) is 1. The number of likely N-dealkylation sites (tertiary alicyclic amines) is 1. The third-order valence-corrected chi connectivity index (χ3v) is 4.47. The summed E-state index contributed by atoms with van der Waals surface area (Å²) in [5.41, 5.74) is 1.40. The molecule has 2 fully saturated rings. The highest BCUT2D eigenvalue weighted by atomic mass is 15.2. The normalized spacial score (nSPS) is 24.2. The standard InChI is InChI=1S/C16H26N4/c1-2-9-19-10-3-4-15(19)14-5-6-16(18-13-14)20-11-7-17-8-12-20/h5-6,13,15,17H,2-4,7-12H2,1H3/t15-/m0/s1. The summed E-state index contributed by atoms with van der Waals surface area (Å²) in [5, 5.41) is 3.38. The van der Waals surface area contributed by atoms with Gasteiger partial charge in [-0.1, -0.05) is 13.0 Å². The molecule has 0 amide bonds. The Kier molecular flexibility index (Phi) is 4.53. The van der Waals surface area contributed by atoms with Crippen molar-refractivity contribution in [2.45, 2.75) is 32.2 Å². The predicted molar refractivity (Wildman–Crippen MR) is 83.2 cm³/mol. The van der Waals surface area contributed by atoms with Crippen molar-refractivity contribution in [2.24, 2.45) is 0 Å². The zero-order valence-electron chi connectivity index (χ0n) is 12.5. The van der Waals surface area contributed by atoms with Crippen LogP contribution in [0.2, 0.25) is 0 Å². The zero-order valence-corrected chi connectivity index (χ0v) is 12.5. The Labute approximate surface area is 122 Å². The highest BCUT2D eigenvalue weighted by Crippen LogP contribution is 2.32. The summed E-state index contributed by atoms with van der Waals surface area (Å²) >= 11 is 0. The van der Waals surface area contributed by atoms with Crippen LogP contribution in [-0.2, 0) is 0 Å². The highest BCUT2D eigenvalue weighted by Gasteiger charge is 2.25. The van der Waals surface area contributed by atoms with E-state index < -0.39 is 0 Å². The highest BCUT2D eigenvalue weighted by molar-refractivity contribution is 5.40. The lowest BCUT2D eigenvalue weighted by atomic mass is 10.1. The minimum absolute atomic E-state index is 0.597. The Morgan fingerprint density at radius 2 is 2.10 bits per heavy atom. The zero-order chi connectivity index (χ0) is 13.8. The molecule has 3 rings (SSSR count). The first-order valence-electron chi connectivity index (χ1n) is 8.04. The molecule has 20 heavy (non-hydrogen) atoms. The minimum atomic E-state index is 0.597. The largest absolute Gasteiger partial charge is 0.354 e. The second kappa shape index (κ2) is 6.55. The van der Waals surface area contributed by atoms with E-state index in [1.54, 1.807) is 0 Å². The van der Waals surface area contributed by atoms with E-state index >= 15 is 0 Å². The van der Waals surface area contributed by atoms with Gasteiger partial charge >= 0.3 is 0 Å². The van der Waals surface area contributed by atoms with Crippen LogP contribution in [0.3, 0.4) is 0 Å². The number of aromatic nitrogens is 1. The maximum atomic E-state index is 4.71. The molecule has 0 unspecified atom stereocenters. The molecule has 110 valence electrons. The van der Waals surface area contributed by atoms with E-state index in [4.69, 9.17) is 4.98 Å². The Balaban J connectivity index is 1.69. The Morgan fingerprint density at radius 3 is 2.80 bits per heavy atom. The molecule has 0 radical (unpaired) electrons. The summed E-state index contributed by atoms with van der Waals surface area (Å²) in [6.45, 7) is 8.99. The van der Waals surface area contributed by atoms with Gasteiger partial charge in [-0.15, -0.1) is 0 Å². The number of nitrogens with zero attached hydrogens (tertiary/aromatic N) is 3. The third kappa shape index (κ3) is 2.96. The van der Waals surface area contributed by atoms with Gasteiger partial charge in [-0.05, 0) is 44.0 Å². The Morgan fingerprint density at radius 1 is 1.25 bits per heavy atom. The van der Waals surface area contributed by atoms with Gasteiger partial charge in [-0.2, -0.15) is 0 Å². The maximum absolute atomic E-state index is 4.71. The number of nitrogens with one attached hydrogen (secondary N) is 1. The van der Waals surface area contributed by atoms with Gasteiger partial charge < -0.3 is 10.2 Å². The molecular formula is C16H26N4. The summed E-state index contributed by atoms with van der Waals surface area (Å²) in [7, 11) is 0. The van der Waals surface area contributed by atoms with Crippen molar-refractivity contribution >= 4 is 5.82 Å². The quantitative estimate of drug-likeness (QED) is 0.910. The molecule has 0 bridgehead atoms. The van der Waals surface area contributed by atoms with Gasteiger partial charge in [0.2, 0.25) is 0 Å². The van der Waals surface area contributed by atoms with Gasteiger partial charge in [0, 0.05) is 38.4 Å². The van der Waals surface area contributed by atoms with Gasteiger partial charge in [0.25, 0.3) is 0 Å². The van der Waals surface area contributed by atoms with Crippen LogP contribution in [0, 0.1) is 0 Å². The topological polar surface area (TPSA) is 31.4 Å². The van der Waals surface area contributed by atoms with E-state index in [9.17, 15) is 0 Å². The fourth-order valence-corrected chi connectivity index (χ4v) is 3.43. The molecule has 1 N–H and O–H groups in total. The maximum Gasteiger partial charge on any atom is 0.128 e. The molecule has 2 aliphatic rings. The Hall–Kier alpha value is -1.13. The number of piperazine rings is 1. The fourth-order valence-electron chi connectivity index (χ4n) is 3.43. The van der Waals surface area contributed by atoms with E-state index in [1.165, 1.54) is 37.9 Å². The van der Waals surface area contributed by atoms with Crippen molar-refractivity contribution in [3.8, 4) is 0 Å². The van der Waals surface area contributed by atoms with Gasteiger partial charge in [-0.25, -0.2) is 4.98 Å². The van der Waals surface area contributed by atoms with E-state index in [1.807, 2.05) is 0 Å². The van der Waals surface area contributed by atoms with E-state index in [0.29, 0.717) is 6.04 Å². The minimum Gasteiger partial charge on any atom is -0.354 e. The average Bonchev–Trinajstić information content (AvgIpc) is 2.97.